The van der Waals surface area contributed by atoms with E-state index in [-0.39, 0.29) is 13.0 Å². The Bertz CT molecular complexity index is 731. The summed E-state index contributed by atoms with van der Waals surface area (Å²) in [6.07, 6.45) is 1.11. The van der Waals surface area contributed by atoms with Gasteiger partial charge in [0.05, 0.1) is 6.07 Å². The average Bonchev–Trinajstić information content (AvgIpc) is 3.18. The lowest BCUT2D eigenvalue weighted by atomic mass is 10.1. The molecule has 0 saturated carbocycles. The lowest BCUT2D eigenvalue weighted by Crippen LogP contribution is -2.53. The number of amides is 3. The maximum Gasteiger partial charge on any atom is 0.417 e. The molecule has 0 bridgehead atoms. The monoisotopic (exact) mass is 386 g/mol. The molecule has 150 valence electrons. The molecular weight excluding hydrogens is 360 g/mol. The van der Waals surface area contributed by atoms with E-state index < -0.39 is 30.0 Å². The van der Waals surface area contributed by atoms with Gasteiger partial charge in [-0.3, -0.25) is 9.59 Å². The van der Waals surface area contributed by atoms with Crippen LogP contribution in [0.3, 0.4) is 0 Å². The third-order valence-corrected chi connectivity index (χ3v) is 4.70. The molecule has 0 spiro atoms. The first-order valence-electron chi connectivity index (χ1n) is 9.40. The summed E-state index contributed by atoms with van der Waals surface area (Å²) in [6, 6.07) is 9.61. The Hall–Kier alpha value is -2.92. The fraction of sp³-hybridized carbons (Fsp3) is 0.500. The van der Waals surface area contributed by atoms with Crippen LogP contribution in [0.5, 0.6) is 0 Å². The van der Waals surface area contributed by atoms with Crippen LogP contribution in [0.25, 0.3) is 0 Å². The van der Waals surface area contributed by atoms with E-state index in [1.54, 1.807) is 12.1 Å². The highest BCUT2D eigenvalue weighted by Gasteiger charge is 2.39. The number of benzene rings is 1. The summed E-state index contributed by atoms with van der Waals surface area (Å²) < 4.78 is 5.28. The van der Waals surface area contributed by atoms with Crippen molar-refractivity contribution in [3.63, 3.8) is 0 Å². The molecule has 2 N–H and O–H groups in total. The summed E-state index contributed by atoms with van der Waals surface area (Å²) in [7, 11) is 0. The number of nitrogens with zero attached hydrogens (tertiary/aromatic N) is 3. The number of carbonyl (C=O) groups excluding carboxylic acids is 3. The van der Waals surface area contributed by atoms with Crippen LogP contribution in [0.4, 0.5) is 4.79 Å². The number of hydrogen-bond donors (Lipinski definition) is 1. The lowest BCUT2D eigenvalue weighted by Gasteiger charge is -2.31. The summed E-state index contributed by atoms with van der Waals surface area (Å²) in [5, 5.41) is 9.27. The minimum Gasteiger partial charge on any atom is -0.444 e. The van der Waals surface area contributed by atoms with Crippen molar-refractivity contribution in [1.82, 2.24) is 9.80 Å². The molecule has 0 aliphatic carbocycles. The molecule has 8 heteroatoms. The predicted molar refractivity (Wildman–Crippen MR) is 102 cm³/mol. The van der Waals surface area contributed by atoms with Gasteiger partial charge >= 0.3 is 6.09 Å². The van der Waals surface area contributed by atoms with Crippen LogP contribution in [-0.4, -0.2) is 52.9 Å². The molecule has 0 unspecified atom stereocenters. The van der Waals surface area contributed by atoms with Gasteiger partial charge in [0, 0.05) is 13.5 Å². The van der Waals surface area contributed by atoms with Crippen LogP contribution in [0.1, 0.15) is 38.2 Å². The molecule has 1 heterocycles. The number of imide groups is 1. The van der Waals surface area contributed by atoms with Crippen LogP contribution in [0.2, 0.25) is 0 Å². The van der Waals surface area contributed by atoms with E-state index in [1.165, 1.54) is 11.8 Å². The van der Waals surface area contributed by atoms with Crippen molar-refractivity contribution in [2.45, 2.75) is 51.3 Å². The Kier molecular flexibility index (Phi) is 7.96. The van der Waals surface area contributed by atoms with Crippen LogP contribution in [-0.2, 0) is 20.9 Å². The minimum absolute atomic E-state index is 0.00815. The highest BCUT2D eigenvalue weighted by Crippen LogP contribution is 2.22. The Morgan fingerprint density at radius 3 is 2.68 bits per heavy atom. The Morgan fingerprint density at radius 2 is 2.07 bits per heavy atom. The van der Waals surface area contributed by atoms with Crippen molar-refractivity contribution in [1.29, 1.82) is 5.26 Å². The van der Waals surface area contributed by atoms with Gasteiger partial charge in [-0.05, 0) is 37.8 Å². The van der Waals surface area contributed by atoms with Crippen molar-refractivity contribution >= 4 is 17.9 Å². The van der Waals surface area contributed by atoms with E-state index in [0.29, 0.717) is 32.4 Å². The van der Waals surface area contributed by atoms with Crippen molar-refractivity contribution in [3.8, 4) is 6.07 Å². The van der Waals surface area contributed by atoms with Crippen molar-refractivity contribution in [3.05, 3.63) is 35.9 Å². The van der Waals surface area contributed by atoms with E-state index in [9.17, 15) is 19.6 Å². The van der Waals surface area contributed by atoms with Crippen LogP contribution >= 0.6 is 0 Å². The smallest absolute Gasteiger partial charge is 0.417 e. The first kappa shape index (κ1) is 21.4. The first-order valence-corrected chi connectivity index (χ1v) is 9.40. The van der Waals surface area contributed by atoms with Gasteiger partial charge in [-0.2, -0.15) is 5.26 Å². The van der Waals surface area contributed by atoms with Gasteiger partial charge in [0.1, 0.15) is 18.7 Å². The molecule has 1 saturated heterocycles. The molecule has 2 rings (SSSR count). The third-order valence-electron chi connectivity index (χ3n) is 4.70. The van der Waals surface area contributed by atoms with Crippen molar-refractivity contribution < 1.29 is 19.1 Å². The maximum atomic E-state index is 13.1. The van der Waals surface area contributed by atoms with Crippen LogP contribution in [0.15, 0.2) is 30.3 Å². The van der Waals surface area contributed by atoms with Gasteiger partial charge in [0.25, 0.3) is 0 Å². The van der Waals surface area contributed by atoms with Crippen LogP contribution < -0.4 is 5.73 Å². The summed E-state index contributed by atoms with van der Waals surface area (Å²) in [5.41, 5.74) is 6.35. The normalized spacial score (nSPS) is 16.9. The molecule has 0 radical (unpaired) electrons. The molecule has 1 aliphatic rings. The predicted octanol–water partition coefficient (Wildman–Crippen LogP) is 1.79. The zero-order valence-electron chi connectivity index (χ0n) is 16.0. The van der Waals surface area contributed by atoms with E-state index in [2.05, 4.69) is 6.07 Å². The van der Waals surface area contributed by atoms with Gasteiger partial charge in [0.2, 0.25) is 11.8 Å². The average molecular weight is 386 g/mol. The maximum absolute atomic E-state index is 13.1. The molecule has 1 aromatic rings. The van der Waals surface area contributed by atoms with E-state index in [1.807, 2.05) is 18.2 Å². The van der Waals surface area contributed by atoms with Crippen molar-refractivity contribution in [2.24, 2.45) is 5.73 Å². The third kappa shape index (κ3) is 5.30. The largest absolute Gasteiger partial charge is 0.444 e. The van der Waals surface area contributed by atoms with Gasteiger partial charge < -0.3 is 15.4 Å². The number of likely N-dealkylation sites (tertiary alicyclic amines) is 1. The molecule has 0 aromatic heterocycles. The summed E-state index contributed by atoms with van der Waals surface area (Å²) in [5.74, 6) is -0.995. The number of nitrogens with two attached hydrogens (primary N) is 1. The highest BCUT2D eigenvalue weighted by molar-refractivity contribution is 5.97. The Balaban J connectivity index is 2.18. The van der Waals surface area contributed by atoms with E-state index in [4.69, 9.17) is 10.5 Å². The molecule has 28 heavy (non-hydrogen) atoms. The molecule has 1 aliphatic heterocycles. The Morgan fingerprint density at radius 1 is 1.36 bits per heavy atom. The first-order chi connectivity index (χ1) is 13.5. The molecule has 1 aromatic carbocycles. The number of nitriles is 1. The van der Waals surface area contributed by atoms with Gasteiger partial charge in [-0.15, -0.1) is 0 Å². The lowest BCUT2D eigenvalue weighted by molar-refractivity contribution is -0.143. The topological polar surface area (TPSA) is 117 Å². The fourth-order valence-corrected chi connectivity index (χ4v) is 3.29. The Labute approximate surface area is 164 Å². The summed E-state index contributed by atoms with van der Waals surface area (Å²) >= 11 is 0. The molecule has 8 nitrogen and oxygen atoms in total. The number of hydrogen-bond acceptors (Lipinski definition) is 6. The van der Waals surface area contributed by atoms with E-state index in [0.717, 1.165) is 10.5 Å². The quantitative estimate of drug-likeness (QED) is 0.763. The number of carbonyl (C=O) groups is 3. The second kappa shape index (κ2) is 10.4. The van der Waals surface area contributed by atoms with Crippen molar-refractivity contribution in [2.75, 3.05) is 13.1 Å². The standard InChI is InChI=1S/C20H26N4O4/c1-15(25)24(20(27)28-14-16-7-3-2-4-8-16)18(10-5-11-21)19(26)23-12-6-9-17(23)13-22/h2-4,7-8,17-18H,5-6,9-12,14,21H2,1H3/t17-,18-/m0/s1. The number of ether oxygens (including phenoxy) is 1. The second-order valence-corrected chi connectivity index (χ2v) is 6.69. The molecule has 3 amide bonds. The second-order valence-electron chi connectivity index (χ2n) is 6.69. The zero-order valence-corrected chi connectivity index (χ0v) is 16.0. The summed E-state index contributed by atoms with van der Waals surface area (Å²) in [6.45, 7) is 1.96. The van der Waals surface area contributed by atoms with Gasteiger partial charge in [-0.1, -0.05) is 30.3 Å². The molecule has 1 fully saturated rings. The summed E-state index contributed by atoms with van der Waals surface area (Å²) in [4.78, 5) is 40.3. The van der Waals surface area contributed by atoms with Crippen LogP contribution in [0, 0.1) is 11.3 Å². The highest BCUT2D eigenvalue weighted by atomic mass is 16.6. The minimum atomic E-state index is -1.03. The number of rotatable bonds is 7. The molecule has 2 atom stereocenters. The van der Waals surface area contributed by atoms with Gasteiger partial charge in [0.15, 0.2) is 0 Å². The molecular formula is C20H26N4O4. The fourth-order valence-electron chi connectivity index (χ4n) is 3.29. The zero-order chi connectivity index (χ0) is 20.5. The van der Waals surface area contributed by atoms with Gasteiger partial charge in [-0.25, -0.2) is 9.69 Å². The SMILES string of the molecule is CC(=O)N(C(=O)OCc1ccccc1)[C@@H](CCCN)C(=O)N1CCC[C@H]1C#N. The van der Waals surface area contributed by atoms with E-state index >= 15 is 0 Å².